The van der Waals surface area contributed by atoms with Crippen molar-refractivity contribution >= 4 is 12.4 Å². The van der Waals surface area contributed by atoms with Crippen LogP contribution in [-0.4, -0.2) is 23.2 Å². The van der Waals surface area contributed by atoms with Crippen LogP contribution < -0.4 is 5.32 Å². The number of nitrogens with one attached hydrogen (secondary N) is 1. The van der Waals surface area contributed by atoms with Crippen LogP contribution in [0.3, 0.4) is 0 Å². The highest BCUT2D eigenvalue weighted by atomic mass is 35.5. The molecule has 1 unspecified atom stereocenters. The minimum Gasteiger partial charge on any atom is -0.459 e. The Morgan fingerprint density at radius 2 is 2.24 bits per heavy atom. The lowest BCUT2D eigenvalue weighted by molar-refractivity contribution is 0.405. The first-order valence-electron chi connectivity index (χ1n) is 5.25. The molecule has 0 aromatic carbocycles. The van der Waals surface area contributed by atoms with Gasteiger partial charge in [-0.25, -0.2) is 0 Å². The van der Waals surface area contributed by atoms with Crippen LogP contribution in [0.1, 0.15) is 18.3 Å². The van der Waals surface area contributed by atoms with Gasteiger partial charge in [0.2, 0.25) is 0 Å². The molecule has 2 heterocycles. The lowest BCUT2D eigenvalue weighted by Crippen LogP contribution is -2.24. The van der Waals surface area contributed by atoms with Crippen LogP contribution >= 0.6 is 12.4 Å². The number of likely N-dealkylation sites (N-methyl/N-ethyl adjacent to an activating group) is 1. The Kier molecular flexibility index (Phi) is 4.72. The van der Waals surface area contributed by atoms with Crippen LogP contribution in [-0.2, 0) is 6.42 Å². The standard InChI is InChI=1S/C11H15N3O2.ClH/c1-7-4-5-15-10(7)11-13-9(14-16-11)6-8(2)12-3;/h4-5,8,12H,6H2,1-3H3;1H. The van der Waals surface area contributed by atoms with Crippen molar-refractivity contribution in [1.29, 1.82) is 0 Å². The second kappa shape index (κ2) is 5.84. The first-order valence-corrected chi connectivity index (χ1v) is 5.25. The van der Waals surface area contributed by atoms with Crippen LogP contribution in [0, 0.1) is 6.92 Å². The highest BCUT2D eigenvalue weighted by Crippen LogP contribution is 2.22. The van der Waals surface area contributed by atoms with Crippen LogP contribution in [0.2, 0.25) is 0 Å². The molecular weight excluding hydrogens is 242 g/mol. The first-order chi connectivity index (χ1) is 7.70. The van der Waals surface area contributed by atoms with E-state index in [4.69, 9.17) is 8.94 Å². The fraction of sp³-hybridized carbons (Fsp3) is 0.455. The van der Waals surface area contributed by atoms with E-state index in [-0.39, 0.29) is 12.4 Å². The summed E-state index contributed by atoms with van der Waals surface area (Å²) in [5.41, 5.74) is 0.997. The van der Waals surface area contributed by atoms with E-state index in [2.05, 4.69) is 22.4 Å². The third-order valence-corrected chi connectivity index (χ3v) is 2.51. The molecule has 0 aliphatic carbocycles. The maximum absolute atomic E-state index is 5.28. The summed E-state index contributed by atoms with van der Waals surface area (Å²) in [5, 5.41) is 7.04. The second-order valence-corrected chi connectivity index (χ2v) is 3.84. The van der Waals surface area contributed by atoms with Gasteiger partial charge in [0.15, 0.2) is 11.6 Å². The molecule has 0 aliphatic rings. The van der Waals surface area contributed by atoms with Crippen molar-refractivity contribution in [3.05, 3.63) is 23.7 Å². The zero-order valence-electron chi connectivity index (χ0n) is 10.1. The van der Waals surface area contributed by atoms with Gasteiger partial charge in [0, 0.05) is 18.0 Å². The molecule has 6 heteroatoms. The van der Waals surface area contributed by atoms with E-state index in [1.54, 1.807) is 6.26 Å². The summed E-state index contributed by atoms with van der Waals surface area (Å²) in [6, 6.07) is 2.19. The Morgan fingerprint density at radius 3 is 2.82 bits per heavy atom. The monoisotopic (exact) mass is 257 g/mol. The molecule has 0 bridgehead atoms. The molecule has 0 aliphatic heterocycles. The van der Waals surface area contributed by atoms with Crippen LogP contribution in [0.25, 0.3) is 11.7 Å². The number of aryl methyl sites for hydroxylation is 1. The summed E-state index contributed by atoms with van der Waals surface area (Å²) in [7, 11) is 1.91. The van der Waals surface area contributed by atoms with Gasteiger partial charge in [-0.2, -0.15) is 4.98 Å². The summed E-state index contributed by atoms with van der Waals surface area (Å²) < 4.78 is 10.4. The topological polar surface area (TPSA) is 64.1 Å². The number of halogens is 1. The quantitative estimate of drug-likeness (QED) is 0.910. The largest absolute Gasteiger partial charge is 0.459 e. The zero-order valence-corrected chi connectivity index (χ0v) is 10.9. The molecule has 5 nitrogen and oxygen atoms in total. The third-order valence-electron chi connectivity index (χ3n) is 2.51. The summed E-state index contributed by atoms with van der Waals surface area (Å²) in [5.74, 6) is 1.78. The van der Waals surface area contributed by atoms with Crippen molar-refractivity contribution in [2.45, 2.75) is 26.3 Å². The Bertz CT molecular complexity index is 467. The molecule has 1 atom stereocenters. The van der Waals surface area contributed by atoms with Gasteiger partial charge in [0.05, 0.1) is 6.26 Å². The number of rotatable bonds is 4. The molecule has 2 rings (SSSR count). The van der Waals surface area contributed by atoms with E-state index in [1.165, 1.54) is 0 Å². The van der Waals surface area contributed by atoms with Gasteiger partial charge in [-0.1, -0.05) is 5.16 Å². The molecule has 1 N–H and O–H groups in total. The van der Waals surface area contributed by atoms with Crippen molar-refractivity contribution in [3.8, 4) is 11.7 Å². The summed E-state index contributed by atoms with van der Waals surface area (Å²) >= 11 is 0. The van der Waals surface area contributed by atoms with Gasteiger partial charge in [-0.05, 0) is 27.0 Å². The van der Waals surface area contributed by atoms with Crippen molar-refractivity contribution < 1.29 is 8.94 Å². The van der Waals surface area contributed by atoms with Gasteiger partial charge in [-0.3, -0.25) is 0 Å². The normalized spacial score (nSPS) is 12.2. The van der Waals surface area contributed by atoms with Crippen LogP contribution in [0.4, 0.5) is 0 Å². The lowest BCUT2D eigenvalue weighted by Gasteiger charge is -2.04. The van der Waals surface area contributed by atoms with Gasteiger partial charge < -0.3 is 14.3 Å². The van der Waals surface area contributed by atoms with Crippen molar-refractivity contribution in [2.75, 3.05) is 7.05 Å². The van der Waals surface area contributed by atoms with Crippen molar-refractivity contribution in [1.82, 2.24) is 15.5 Å². The third kappa shape index (κ3) is 3.08. The Labute approximate surface area is 106 Å². The second-order valence-electron chi connectivity index (χ2n) is 3.84. The number of hydrogen-bond donors (Lipinski definition) is 1. The van der Waals surface area contributed by atoms with Crippen molar-refractivity contribution in [2.24, 2.45) is 0 Å². The molecule has 0 saturated carbocycles. The van der Waals surface area contributed by atoms with E-state index < -0.39 is 0 Å². The Hall–Kier alpha value is -1.33. The van der Waals surface area contributed by atoms with Crippen LogP contribution in [0.15, 0.2) is 21.3 Å². The van der Waals surface area contributed by atoms with Gasteiger partial charge in [0.1, 0.15) is 0 Å². The Morgan fingerprint density at radius 1 is 1.47 bits per heavy atom. The van der Waals surface area contributed by atoms with Gasteiger partial charge in [0.25, 0.3) is 5.89 Å². The highest BCUT2D eigenvalue weighted by Gasteiger charge is 2.15. The minimum atomic E-state index is 0. The lowest BCUT2D eigenvalue weighted by atomic mass is 10.2. The smallest absolute Gasteiger partial charge is 0.293 e. The molecule has 17 heavy (non-hydrogen) atoms. The number of hydrogen-bond acceptors (Lipinski definition) is 5. The predicted molar refractivity (Wildman–Crippen MR) is 66.2 cm³/mol. The highest BCUT2D eigenvalue weighted by molar-refractivity contribution is 5.85. The average Bonchev–Trinajstić information content (AvgIpc) is 2.86. The van der Waals surface area contributed by atoms with Crippen LogP contribution in [0.5, 0.6) is 0 Å². The summed E-state index contributed by atoms with van der Waals surface area (Å²) in [4.78, 5) is 4.29. The van der Waals surface area contributed by atoms with E-state index in [0.717, 1.165) is 12.0 Å². The summed E-state index contributed by atoms with van der Waals surface area (Å²) in [6.07, 6.45) is 2.35. The van der Waals surface area contributed by atoms with E-state index in [0.29, 0.717) is 23.5 Å². The first kappa shape index (κ1) is 13.7. The number of furan rings is 1. The fourth-order valence-electron chi connectivity index (χ4n) is 1.40. The molecule has 2 aromatic heterocycles. The van der Waals surface area contributed by atoms with Gasteiger partial charge in [-0.15, -0.1) is 12.4 Å². The molecule has 0 spiro atoms. The Balaban J connectivity index is 0.00000144. The van der Waals surface area contributed by atoms with E-state index in [1.807, 2.05) is 20.0 Å². The average molecular weight is 258 g/mol. The van der Waals surface area contributed by atoms with Gasteiger partial charge >= 0.3 is 0 Å². The summed E-state index contributed by atoms with van der Waals surface area (Å²) in [6.45, 7) is 4.01. The SMILES string of the molecule is CNC(C)Cc1noc(-c2occc2C)n1.Cl. The molecule has 0 radical (unpaired) electrons. The fourth-order valence-corrected chi connectivity index (χ4v) is 1.40. The van der Waals surface area contributed by atoms with E-state index in [9.17, 15) is 0 Å². The molecule has 0 fully saturated rings. The predicted octanol–water partition coefficient (Wildman–Crippen LogP) is 2.21. The molecule has 94 valence electrons. The molecule has 0 amide bonds. The van der Waals surface area contributed by atoms with E-state index >= 15 is 0 Å². The molecule has 0 saturated heterocycles. The van der Waals surface area contributed by atoms with Crippen molar-refractivity contribution in [3.63, 3.8) is 0 Å². The molecular formula is C11H16ClN3O2. The zero-order chi connectivity index (χ0) is 11.5. The molecule has 2 aromatic rings. The maximum Gasteiger partial charge on any atom is 0.293 e. The maximum atomic E-state index is 5.28. The number of nitrogens with zero attached hydrogens (tertiary/aromatic N) is 2. The minimum absolute atomic E-state index is 0. The number of aromatic nitrogens is 2.